The number of nitrogens with zero attached hydrogens (tertiary/aromatic N) is 4. The Labute approximate surface area is 147 Å². The van der Waals surface area contributed by atoms with Gasteiger partial charge in [0.1, 0.15) is 5.65 Å². The van der Waals surface area contributed by atoms with E-state index in [4.69, 9.17) is 4.98 Å². The van der Waals surface area contributed by atoms with Crippen molar-refractivity contribution in [1.29, 1.82) is 0 Å². The fourth-order valence-corrected chi connectivity index (χ4v) is 3.21. The lowest BCUT2D eigenvalue weighted by molar-refractivity contribution is 0.414. The van der Waals surface area contributed by atoms with Crippen molar-refractivity contribution in [3.8, 4) is 11.4 Å². The first kappa shape index (κ1) is 17.5. The zero-order valence-corrected chi connectivity index (χ0v) is 16.9. The predicted octanol–water partition coefficient (Wildman–Crippen LogP) is 2.87. The number of aromatic nitrogens is 4. The third kappa shape index (κ3) is 3.36. The highest BCUT2D eigenvalue weighted by atomic mass is 31.0. The standard InChI is InChI=1S/C18H24N4P2/c1-10(2)11(3)5-15-16(24)8-19-17(21-15)14-9-22(4)18-13(14)6-12(23)7-20-18/h6-11H,5,23-24H2,1-4H3/t11-/m1/s1. The van der Waals surface area contributed by atoms with Gasteiger partial charge in [0.15, 0.2) is 5.82 Å². The summed E-state index contributed by atoms with van der Waals surface area (Å²) in [4.78, 5) is 14.0. The fourth-order valence-electron chi connectivity index (χ4n) is 2.72. The minimum atomic E-state index is 0.583. The first-order valence-electron chi connectivity index (χ1n) is 8.19. The molecule has 0 aliphatic heterocycles. The van der Waals surface area contributed by atoms with Gasteiger partial charge < -0.3 is 4.57 Å². The molecule has 0 fully saturated rings. The van der Waals surface area contributed by atoms with E-state index in [0.717, 1.165) is 45.1 Å². The summed E-state index contributed by atoms with van der Waals surface area (Å²) in [7, 11) is 7.48. The average Bonchev–Trinajstić information content (AvgIpc) is 2.85. The molecule has 3 rings (SSSR count). The zero-order chi connectivity index (χ0) is 17.4. The van der Waals surface area contributed by atoms with Crippen molar-refractivity contribution >= 4 is 40.1 Å². The van der Waals surface area contributed by atoms with E-state index in [1.165, 1.54) is 0 Å². The summed E-state index contributed by atoms with van der Waals surface area (Å²) in [6, 6.07) is 2.12. The van der Waals surface area contributed by atoms with E-state index in [0.29, 0.717) is 11.8 Å². The summed E-state index contributed by atoms with van der Waals surface area (Å²) < 4.78 is 2.03. The van der Waals surface area contributed by atoms with Gasteiger partial charge in [0.05, 0.1) is 5.69 Å². The number of hydrogen-bond acceptors (Lipinski definition) is 3. The Morgan fingerprint density at radius 2 is 1.88 bits per heavy atom. The fraction of sp³-hybridized carbons (Fsp3) is 0.389. The summed E-state index contributed by atoms with van der Waals surface area (Å²) >= 11 is 0. The van der Waals surface area contributed by atoms with Crippen molar-refractivity contribution in [3.05, 3.63) is 30.4 Å². The van der Waals surface area contributed by atoms with Crippen molar-refractivity contribution in [2.75, 3.05) is 0 Å². The maximum Gasteiger partial charge on any atom is 0.161 e. The van der Waals surface area contributed by atoms with Crippen molar-refractivity contribution in [3.63, 3.8) is 0 Å². The third-order valence-electron chi connectivity index (χ3n) is 4.63. The van der Waals surface area contributed by atoms with Crippen LogP contribution in [-0.2, 0) is 13.5 Å². The molecular weight excluding hydrogens is 334 g/mol. The Morgan fingerprint density at radius 3 is 2.58 bits per heavy atom. The van der Waals surface area contributed by atoms with E-state index in [1.807, 2.05) is 24.0 Å². The maximum absolute atomic E-state index is 4.88. The summed E-state index contributed by atoms with van der Waals surface area (Å²) in [6.07, 6.45) is 6.80. The van der Waals surface area contributed by atoms with Crippen LogP contribution < -0.4 is 10.6 Å². The van der Waals surface area contributed by atoms with Crippen LogP contribution in [-0.4, -0.2) is 19.5 Å². The lowest BCUT2D eigenvalue weighted by Crippen LogP contribution is -2.15. The molecule has 0 radical (unpaired) electrons. The van der Waals surface area contributed by atoms with Gasteiger partial charge in [-0.2, -0.15) is 0 Å². The van der Waals surface area contributed by atoms with Crippen LogP contribution in [0.4, 0.5) is 0 Å². The highest BCUT2D eigenvalue weighted by molar-refractivity contribution is 7.27. The van der Waals surface area contributed by atoms with Crippen LogP contribution in [0.1, 0.15) is 26.5 Å². The van der Waals surface area contributed by atoms with Gasteiger partial charge >= 0.3 is 0 Å². The number of fused-ring (bicyclic) bond motifs is 1. The van der Waals surface area contributed by atoms with E-state index in [9.17, 15) is 0 Å². The molecule has 0 N–H and O–H groups in total. The molecule has 0 saturated heterocycles. The summed E-state index contributed by atoms with van der Waals surface area (Å²) in [5.74, 6) is 1.99. The molecule has 3 atom stereocenters. The lowest BCUT2D eigenvalue weighted by Gasteiger charge is -2.16. The first-order valence-corrected chi connectivity index (χ1v) is 9.34. The predicted molar refractivity (Wildman–Crippen MR) is 108 cm³/mol. The molecule has 2 unspecified atom stereocenters. The molecule has 6 heteroatoms. The molecular formula is C18H24N4P2. The van der Waals surface area contributed by atoms with Gasteiger partial charge in [0, 0.05) is 41.9 Å². The number of pyridine rings is 1. The van der Waals surface area contributed by atoms with Crippen LogP contribution in [0.2, 0.25) is 0 Å². The SMILES string of the molecule is CC(C)[C@H](C)Cc1nc(-c2cn(C)c3ncc(P)cc23)ncc1P. The Bertz CT molecular complexity index is 886. The molecule has 0 bridgehead atoms. The van der Waals surface area contributed by atoms with Gasteiger partial charge in [-0.1, -0.05) is 20.8 Å². The molecule has 3 aromatic rings. The molecule has 0 saturated carbocycles. The summed E-state index contributed by atoms with van der Waals surface area (Å²) in [6.45, 7) is 6.79. The highest BCUT2D eigenvalue weighted by Gasteiger charge is 2.16. The Balaban J connectivity index is 2.09. The molecule has 126 valence electrons. The highest BCUT2D eigenvalue weighted by Crippen LogP contribution is 2.27. The van der Waals surface area contributed by atoms with E-state index in [1.54, 1.807) is 0 Å². The van der Waals surface area contributed by atoms with Crippen LogP contribution in [0, 0.1) is 11.8 Å². The third-order valence-corrected chi connectivity index (χ3v) is 5.43. The Morgan fingerprint density at radius 1 is 1.12 bits per heavy atom. The van der Waals surface area contributed by atoms with Crippen molar-refractivity contribution in [2.24, 2.45) is 18.9 Å². The van der Waals surface area contributed by atoms with E-state index in [-0.39, 0.29) is 0 Å². The van der Waals surface area contributed by atoms with Crippen LogP contribution in [0.3, 0.4) is 0 Å². The van der Waals surface area contributed by atoms with Crippen LogP contribution >= 0.6 is 18.5 Å². The van der Waals surface area contributed by atoms with E-state index in [2.05, 4.69) is 61.5 Å². The smallest absolute Gasteiger partial charge is 0.161 e. The minimum Gasteiger partial charge on any atom is -0.335 e. The van der Waals surface area contributed by atoms with Gasteiger partial charge in [0.2, 0.25) is 0 Å². The zero-order valence-electron chi connectivity index (χ0n) is 14.6. The molecule has 4 nitrogen and oxygen atoms in total. The molecule has 0 aromatic carbocycles. The van der Waals surface area contributed by atoms with E-state index < -0.39 is 0 Å². The van der Waals surface area contributed by atoms with Crippen molar-refractivity contribution < 1.29 is 0 Å². The van der Waals surface area contributed by atoms with Gasteiger partial charge in [0.25, 0.3) is 0 Å². The molecule has 3 heterocycles. The van der Waals surface area contributed by atoms with Gasteiger partial charge in [-0.05, 0) is 29.6 Å². The number of rotatable bonds is 4. The van der Waals surface area contributed by atoms with E-state index >= 15 is 0 Å². The monoisotopic (exact) mass is 358 g/mol. The largest absolute Gasteiger partial charge is 0.335 e. The second kappa shape index (κ2) is 6.86. The number of aryl methyl sites for hydroxylation is 1. The molecule has 0 aliphatic rings. The summed E-state index contributed by atoms with van der Waals surface area (Å²) in [5.41, 5.74) is 3.10. The quantitative estimate of drug-likeness (QED) is 0.674. The molecule has 3 aromatic heterocycles. The molecule has 0 spiro atoms. The van der Waals surface area contributed by atoms with Crippen LogP contribution in [0.25, 0.3) is 22.4 Å². The normalized spacial score (nSPS) is 13.0. The topological polar surface area (TPSA) is 43.6 Å². The Hall–Kier alpha value is -1.37. The minimum absolute atomic E-state index is 0.583. The summed E-state index contributed by atoms with van der Waals surface area (Å²) in [5, 5.41) is 3.23. The van der Waals surface area contributed by atoms with Crippen molar-refractivity contribution in [1.82, 2.24) is 19.5 Å². The van der Waals surface area contributed by atoms with Crippen molar-refractivity contribution in [2.45, 2.75) is 27.2 Å². The first-order chi connectivity index (χ1) is 11.4. The van der Waals surface area contributed by atoms with Gasteiger partial charge in [-0.3, -0.25) is 0 Å². The van der Waals surface area contributed by atoms with Crippen LogP contribution in [0.15, 0.2) is 24.7 Å². The van der Waals surface area contributed by atoms with Gasteiger partial charge in [-0.25, -0.2) is 15.0 Å². The molecule has 24 heavy (non-hydrogen) atoms. The maximum atomic E-state index is 4.88. The van der Waals surface area contributed by atoms with Gasteiger partial charge in [-0.15, -0.1) is 18.5 Å². The second-order valence-electron chi connectivity index (χ2n) is 6.81. The second-order valence-corrected chi connectivity index (χ2v) is 8.10. The lowest BCUT2D eigenvalue weighted by atomic mass is 9.93. The molecule has 0 amide bonds. The Kier molecular flexibility index (Phi) is 4.99. The molecule has 0 aliphatic carbocycles. The average molecular weight is 358 g/mol. The van der Waals surface area contributed by atoms with Crippen LogP contribution in [0.5, 0.6) is 0 Å². The number of hydrogen-bond donors (Lipinski definition) is 0.